The minimum absolute atomic E-state index is 0.135. The number of hydrogen-bond donors (Lipinski definition) is 2. The standard InChI is InChI=1S/C45H42N4O6S2/c1-4-25-18-29-41(53)33(24-55-43(29)31(39(25)51)22-48(5-2)6-3)45-47-35-19-26(11-15-37(35)56-45)27-10-13-34-38(20-27)57-44(46-34)32-23-54-42-28(40(32)52)12-14-36(50)30(42)21-49-16-8-7-9-17-49/h10-15,18-20,23-24,50-51H,4-9,16-17,21-22H2,1-3H3. The van der Waals surface area contributed by atoms with Crippen LogP contribution in [0.15, 0.2) is 85.5 Å². The lowest BCUT2D eigenvalue weighted by Crippen LogP contribution is -2.29. The van der Waals surface area contributed by atoms with Crippen LogP contribution in [0.1, 0.15) is 56.7 Å². The molecule has 5 heterocycles. The number of aromatic nitrogens is 2. The number of likely N-dealkylation sites (tertiary alicyclic amines) is 1. The number of nitrogens with zero attached hydrogens (tertiary/aromatic N) is 4. The van der Waals surface area contributed by atoms with Crippen molar-refractivity contribution >= 4 is 65.0 Å². The molecule has 0 aliphatic carbocycles. The third-order valence-electron chi connectivity index (χ3n) is 11.3. The molecule has 0 atom stereocenters. The molecule has 8 aromatic rings. The van der Waals surface area contributed by atoms with Crippen molar-refractivity contribution in [3.05, 3.63) is 104 Å². The third-order valence-corrected chi connectivity index (χ3v) is 13.4. The van der Waals surface area contributed by atoms with Crippen molar-refractivity contribution in [2.24, 2.45) is 0 Å². The number of aryl methyl sites for hydroxylation is 1. The van der Waals surface area contributed by atoms with E-state index in [1.807, 2.05) is 37.3 Å². The number of hydrogen-bond acceptors (Lipinski definition) is 12. The summed E-state index contributed by atoms with van der Waals surface area (Å²) in [6.07, 6.45) is 6.99. The molecule has 0 unspecified atom stereocenters. The maximum absolute atomic E-state index is 14.0. The van der Waals surface area contributed by atoms with Crippen LogP contribution >= 0.6 is 22.7 Å². The Morgan fingerprint density at radius 3 is 2.09 bits per heavy atom. The van der Waals surface area contributed by atoms with E-state index in [4.69, 9.17) is 18.8 Å². The quantitative estimate of drug-likeness (QED) is 0.138. The zero-order valence-electron chi connectivity index (χ0n) is 32.1. The maximum atomic E-state index is 14.0. The average molecular weight is 799 g/mol. The zero-order chi connectivity index (χ0) is 39.4. The fourth-order valence-corrected chi connectivity index (χ4v) is 9.91. The van der Waals surface area contributed by atoms with E-state index in [9.17, 15) is 19.8 Å². The van der Waals surface area contributed by atoms with Gasteiger partial charge in [-0.1, -0.05) is 39.3 Å². The number of benzene rings is 4. The second-order valence-corrected chi connectivity index (χ2v) is 16.8. The lowest BCUT2D eigenvalue weighted by atomic mass is 10.0. The fraction of sp³-hybridized carbons (Fsp3) is 0.289. The van der Waals surface area contributed by atoms with Gasteiger partial charge in [0.15, 0.2) is 0 Å². The van der Waals surface area contributed by atoms with Gasteiger partial charge in [0.25, 0.3) is 0 Å². The highest BCUT2D eigenvalue weighted by molar-refractivity contribution is 7.22. The van der Waals surface area contributed by atoms with Gasteiger partial charge < -0.3 is 19.0 Å². The molecule has 290 valence electrons. The largest absolute Gasteiger partial charge is 0.507 e. The van der Waals surface area contributed by atoms with E-state index in [-0.39, 0.29) is 22.4 Å². The van der Waals surface area contributed by atoms with Crippen LogP contribution in [0.5, 0.6) is 11.5 Å². The zero-order valence-corrected chi connectivity index (χ0v) is 33.7. The highest BCUT2D eigenvalue weighted by Gasteiger charge is 2.23. The first-order chi connectivity index (χ1) is 27.7. The average Bonchev–Trinajstić information content (AvgIpc) is 3.86. The first-order valence-corrected chi connectivity index (χ1v) is 21.2. The molecular weight excluding hydrogens is 757 g/mol. The number of phenolic OH excluding ortho intramolecular Hbond substituents is 2. The van der Waals surface area contributed by atoms with Gasteiger partial charge >= 0.3 is 0 Å². The summed E-state index contributed by atoms with van der Waals surface area (Å²) in [5, 5.41) is 23.9. The van der Waals surface area contributed by atoms with E-state index in [0.717, 1.165) is 70.6 Å². The van der Waals surface area contributed by atoms with Crippen LogP contribution < -0.4 is 10.9 Å². The van der Waals surface area contributed by atoms with E-state index in [1.54, 1.807) is 18.2 Å². The fourth-order valence-electron chi connectivity index (χ4n) is 7.96. The van der Waals surface area contributed by atoms with Gasteiger partial charge in [0.2, 0.25) is 10.9 Å². The summed E-state index contributed by atoms with van der Waals surface area (Å²) in [6.45, 7) is 10.6. The van der Waals surface area contributed by atoms with Crippen LogP contribution in [0.25, 0.3) is 74.6 Å². The molecule has 2 N–H and O–H groups in total. The molecule has 0 radical (unpaired) electrons. The van der Waals surface area contributed by atoms with Crippen molar-refractivity contribution in [1.82, 2.24) is 19.8 Å². The molecule has 1 fully saturated rings. The summed E-state index contributed by atoms with van der Waals surface area (Å²) in [4.78, 5) is 42.1. The summed E-state index contributed by atoms with van der Waals surface area (Å²) in [5.74, 6) is 0.321. The van der Waals surface area contributed by atoms with Crippen LogP contribution in [-0.4, -0.2) is 56.2 Å². The predicted octanol–water partition coefficient (Wildman–Crippen LogP) is 9.92. The smallest absolute Gasteiger partial charge is 0.202 e. The van der Waals surface area contributed by atoms with Crippen LogP contribution in [0, 0.1) is 0 Å². The molecule has 1 aliphatic rings. The number of piperidine rings is 1. The molecule has 0 saturated carbocycles. The second-order valence-electron chi connectivity index (χ2n) is 14.7. The number of phenols is 2. The molecule has 0 bridgehead atoms. The van der Waals surface area contributed by atoms with Crippen LogP contribution in [0.2, 0.25) is 0 Å². The Bertz CT molecular complexity index is 2950. The SMILES string of the molecule is CCc1cc2c(=O)c(-c3nc4cc(-c5ccc6nc(-c7coc8c(CN9CCCCC9)c(O)ccc8c7=O)sc6c5)ccc4s3)coc2c(CN(CC)CC)c1O. The molecule has 4 aromatic carbocycles. The third kappa shape index (κ3) is 6.70. The molecule has 0 amide bonds. The van der Waals surface area contributed by atoms with Gasteiger partial charge in [-0.2, -0.15) is 0 Å². The molecule has 57 heavy (non-hydrogen) atoms. The monoisotopic (exact) mass is 798 g/mol. The summed E-state index contributed by atoms with van der Waals surface area (Å²) < 4.78 is 14.1. The normalized spacial score (nSPS) is 13.9. The minimum atomic E-state index is -0.176. The van der Waals surface area contributed by atoms with Gasteiger partial charge in [-0.25, -0.2) is 9.97 Å². The van der Waals surface area contributed by atoms with E-state index in [2.05, 4.69) is 29.7 Å². The number of rotatable bonds is 10. The molecule has 4 aromatic heterocycles. The predicted molar refractivity (Wildman–Crippen MR) is 230 cm³/mol. The van der Waals surface area contributed by atoms with E-state index >= 15 is 0 Å². The minimum Gasteiger partial charge on any atom is -0.507 e. The Hall–Kier alpha value is -5.40. The Kier molecular flexibility index (Phi) is 9.90. The van der Waals surface area contributed by atoms with Gasteiger partial charge in [0.05, 0.1) is 53.5 Å². The van der Waals surface area contributed by atoms with Crippen LogP contribution in [-0.2, 0) is 19.5 Å². The molecular formula is C45H42N4O6S2. The Morgan fingerprint density at radius 1 is 0.719 bits per heavy atom. The summed E-state index contributed by atoms with van der Waals surface area (Å²) >= 11 is 2.87. The summed E-state index contributed by atoms with van der Waals surface area (Å²) in [6, 6.07) is 17.1. The molecule has 1 aliphatic heterocycles. The van der Waals surface area contributed by atoms with Gasteiger partial charge in [-0.05, 0) is 105 Å². The number of fused-ring (bicyclic) bond motifs is 4. The van der Waals surface area contributed by atoms with Crippen molar-refractivity contribution in [2.75, 3.05) is 26.2 Å². The Balaban J connectivity index is 1.03. The van der Waals surface area contributed by atoms with E-state index in [1.165, 1.54) is 41.6 Å². The number of aromatic hydroxyl groups is 2. The summed E-state index contributed by atoms with van der Waals surface area (Å²) in [7, 11) is 0. The van der Waals surface area contributed by atoms with Crippen LogP contribution in [0.3, 0.4) is 0 Å². The lowest BCUT2D eigenvalue weighted by molar-refractivity contribution is 0.218. The Labute approximate surface area is 336 Å². The second kappa shape index (κ2) is 15.2. The molecule has 1 saturated heterocycles. The molecule has 10 nitrogen and oxygen atoms in total. The van der Waals surface area contributed by atoms with Gasteiger partial charge in [-0.3, -0.25) is 19.4 Å². The van der Waals surface area contributed by atoms with Crippen molar-refractivity contribution in [3.63, 3.8) is 0 Å². The van der Waals surface area contributed by atoms with Gasteiger partial charge in [0, 0.05) is 13.1 Å². The Morgan fingerprint density at radius 2 is 1.37 bits per heavy atom. The van der Waals surface area contributed by atoms with E-state index < -0.39 is 0 Å². The maximum Gasteiger partial charge on any atom is 0.202 e. The van der Waals surface area contributed by atoms with Crippen LogP contribution in [0.4, 0.5) is 0 Å². The van der Waals surface area contributed by atoms with Crippen molar-refractivity contribution in [3.8, 4) is 43.8 Å². The molecule has 12 heteroatoms. The molecule has 0 spiro atoms. The lowest BCUT2D eigenvalue weighted by Gasteiger charge is -2.26. The highest BCUT2D eigenvalue weighted by atomic mass is 32.1. The van der Waals surface area contributed by atoms with Crippen molar-refractivity contribution in [1.29, 1.82) is 0 Å². The molecule has 9 rings (SSSR count). The van der Waals surface area contributed by atoms with Gasteiger partial charge in [0.1, 0.15) is 45.2 Å². The summed E-state index contributed by atoms with van der Waals surface area (Å²) in [5.41, 5.74) is 6.71. The first-order valence-electron chi connectivity index (χ1n) is 19.6. The highest BCUT2D eigenvalue weighted by Crippen LogP contribution is 2.38. The van der Waals surface area contributed by atoms with Gasteiger partial charge in [-0.15, -0.1) is 22.7 Å². The topological polar surface area (TPSA) is 133 Å². The van der Waals surface area contributed by atoms with Crippen molar-refractivity contribution < 1.29 is 19.0 Å². The number of thiazole rings is 2. The first kappa shape index (κ1) is 37.2. The van der Waals surface area contributed by atoms with E-state index in [0.29, 0.717) is 79.3 Å². The van der Waals surface area contributed by atoms with Crippen molar-refractivity contribution in [2.45, 2.75) is 59.5 Å².